The van der Waals surface area contributed by atoms with E-state index >= 15 is 0 Å². The van der Waals surface area contributed by atoms with E-state index in [0.29, 0.717) is 0 Å². The monoisotopic (exact) mass is 260 g/mol. The van der Waals surface area contributed by atoms with Crippen molar-refractivity contribution in [2.45, 2.75) is 65.6 Å². The lowest BCUT2D eigenvalue weighted by Gasteiger charge is -2.32. The first-order chi connectivity index (χ1) is 8.79. The maximum absolute atomic E-state index is 6.13. The Morgan fingerprint density at radius 1 is 0.842 bits per heavy atom. The Morgan fingerprint density at radius 2 is 1.26 bits per heavy atom. The highest BCUT2D eigenvalue weighted by molar-refractivity contribution is 6.62. The minimum atomic E-state index is -0.272. The molecule has 0 aromatic heterocycles. The zero-order valence-corrected chi connectivity index (χ0v) is 13.0. The molecule has 0 atom stereocenters. The minimum Gasteiger partial charge on any atom is -0.399 e. The first kappa shape index (κ1) is 14.6. The SMILES string of the molecule is CCc1cc(CC)cc(B2OC(C)(C)C(C)(C)O2)c1. The molecule has 0 aliphatic carbocycles. The number of aryl methyl sites for hydroxylation is 2. The van der Waals surface area contributed by atoms with Crippen LogP contribution < -0.4 is 5.46 Å². The van der Waals surface area contributed by atoms with Crippen molar-refractivity contribution in [1.29, 1.82) is 0 Å². The molecule has 2 rings (SSSR count). The lowest BCUT2D eigenvalue weighted by atomic mass is 9.77. The third-order valence-electron chi connectivity index (χ3n) is 4.42. The van der Waals surface area contributed by atoms with Crippen LogP contribution in [0.4, 0.5) is 0 Å². The van der Waals surface area contributed by atoms with Crippen LogP contribution in [0.5, 0.6) is 0 Å². The molecule has 1 fully saturated rings. The molecule has 0 amide bonds. The molecule has 0 radical (unpaired) electrons. The molecule has 1 aromatic carbocycles. The zero-order valence-electron chi connectivity index (χ0n) is 13.0. The molecule has 1 heterocycles. The lowest BCUT2D eigenvalue weighted by molar-refractivity contribution is 0.00578. The Bertz CT molecular complexity index is 428. The van der Waals surface area contributed by atoms with Crippen LogP contribution in [0.1, 0.15) is 52.7 Å². The normalized spacial score (nSPS) is 20.8. The van der Waals surface area contributed by atoms with Gasteiger partial charge in [0, 0.05) is 0 Å². The molecule has 0 bridgehead atoms. The Hall–Kier alpha value is -0.795. The summed E-state index contributed by atoms with van der Waals surface area (Å²) in [6.45, 7) is 12.7. The van der Waals surface area contributed by atoms with Gasteiger partial charge in [-0.25, -0.2) is 0 Å². The van der Waals surface area contributed by atoms with Crippen molar-refractivity contribution in [2.24, 2.45) is 0 Å². The van der Waals surface area contributed by atoms with E-state index in [1.165, 1.54) is 11.1 Å². The van der Waals surface area contributed by atoms with E-state index in [0.717, 1.165) is 18.3 Å². The van der Waals surface area contributed by atoms with Gasteiger partial charge in [-0.3, -0.25) is 0 Å². The van der Waals surface area contributed by atoms with Crippen molar-refractivity contribution in [3.63, 3.8) is 0 Å². The van der Waals surface area contributed by atoms with Gasteiger partial charge >= 0.3 is 7.12 Å². The second-order valence-corrected chi connectivity index (χ2v) is 6.38. The van der Waals surface area contributed by atoms with Gasteiger partial charge in [-0.15, -0.1) is 0 Å². The Labute approximate surface area is 117 Å². The molecule has 2 nitrogen and oxygen atoms in total. The van der Waals surface area contributed by atoms with Crippen LogP contribution >= 0.6 is 0 Å². The first-order valence-electron chi connectivity index (χ1n) is 7.27. The summed E-state index contributed by atoms with van der Waals surface area (Å²) >= 11 is 0. The fraction of sp³-hybridized carbons (Fsp3) is 0.625. The van der Waals surface area contributed by atoms with Crippen molar-refractivity contribution in [1.82, 2.24) is 0 Å². The van der Waals surface area contributed by atoms with E-state index in [9.17, 15) is 0 Å². The first-order valence-corrected chi connectivity index (χ1v) is 7.27. The number of hydrogen-bond donors (Lipinski definition) is 0. The molecule has 0 saturated carbocycles. The highest BCUT2D eigenvalue weighted by Gasteiger charge is 2.51. The quantitative estimate of drug-likeness (QED) is 0.777. The van der Waals surface area contributed by atoms with E-state index < -0.39 is 0 Å². The van der Waals surface area contributed by atoms with E-state index in [1.54, 1.807) is 0 Å². The fourth-order valence-electron chi connectivity index (χ4n) is 2.31. The van der Waals surface area contributed by atoms with Crippen LogP contribution in [0, 0.1) is 0 Å². The van der Waals surface area contributed by atoms with Crippen LogP contribution in [0.2, 0.25) is 0 Å². The van der Waals surface area contributed by atoms with E-state index in [2.05, 4.69) is 59.7 Å². The van der Waals surface area contributed by atoms with Crippen molar-refractivity contribution < 1.29 is 9.31 Å². The maximum Gasteiger partial charge on any atom is 0.494 e. The van der Waals surface area contributed by atoms with Crippen molar-refractivity contribution >= 4 is 12.6 Å². The topological polar surface area (TPSA) is 18.5 Å². The Morgan fingerprint density at radius 3 is 1.63 bits per heavy atom. The van der Waals surface area contributed by atoms with Gasteiger partial charge in [0.05, 0.1) is 11.2 Å². The molecule has 1 aliphatic heterocycles. The second kappa shape index (κ2) is 4.95. The lowest BCUT2D eigenvalue weighted by Crippen LogP contribution is -2.41. The molecule has 104 valence electrons. The average molecular weight is 260 g/mol. The summed E-state index contributed by atoms with van der Waals surface area (Å²) in [6, 6.07) is 6.69. The molecule has 0 spiro atoms. The van der Waals surface area contributed by atoms with Gasteiger partial charge in [-0.1, -0.05) is 32.0 Å². The van der Waals surface area contributed by atoms with Gasteiger partial charge in [0.25, 0.3) is 0 Å². The van der Waals surface area contributed by atoms with Gasteiger partial charge < -0.3 is 9.31 Å². The molecular formula is C16H25BO2. The smallest absolute Gasteiger partial charge is 0.399 e. The predicted octanol–water partition coefficient (Wildman–Crippen LogP) is 3.11. The standard InChI is InChI=1S/C16H25BO2/c1-7-12-9-13(8-2)11-14(10-12)17-18-15(3,4)16(5,6)19-17/h9-11H,7-8H2,1-6H3. The van der Waals surface area contributed by atoms with E-state index in [-0.39, 0.29) is 18.3 Å². The predicted molar refractivity (Wildman–Crippen MR) is 80.9 cm³/mol. The van der Waals surface area contributed by atoms with Gasteiger partial charge in [-0.05, 0) is 57.1 Å². The summed E-state index contributed by atoms with van der Waals surface area (Å²) in [6.07, 6.45) is 2.08. The summed E-state index contributed by atoms with van der Waals surface area (Å²) in [5, 5.41) is 0. The van der Waals surface area contributed by atoms with Crippen LogP contribution in [0.3, 0.4) is 0 Å². The summed E-state index contributed by atoms with van der Waals surface area (Å²) < 4.78 is 12.3. The summed E-state index contributed by atoms with van der Waals surface area (Å²) in [5.41, 5.74) is 3.31. The largest absolute Gasteiger partial charge is 0.494 e. The third kappa shape index (κ3) is 2.73. The molecule has 19 heavy (non-hydrogen) atoms. The summed E-state index contributed by atoms with van der Waals surface area (Å²) in [5.74, 6) is 0. The van der Waals surface area contributed by atoms with Gasteiger partial charge in [0.1, 0.15) is 0 Å². The van der Waals surface area contributed by atoms with Gasteiger partial charge in [-0.2, -0.15) is 0 Å². The van der Waals surface area contributed by atoms with Crippen LogP contribution in [-0.4, -0.2) is 18.3 Å². The van der Waals surface area contributed by atoms with Crippen molar-refractivity contribution in [3.8, 4) is 0 Å². The highest BCUT2D eigenvalue weighted by atomic mass is 16.7. The average Bonchev–Trinajstić information content (AvgIpc) is 2.58. The zero-order chi connectivity index (χ0) is 14.3. The highest BCUT2D eigenvalue weighted by Crippen LogP contribution is 2.36. The molecule has 1 saturated heterocycles. The van der Waals surface area contributed by atoms with Crippen LogP contribution in [-0.2, 0) is 22.2 Å². The molecule has 1 aromatic rings. The van der Waals surface area contributed by atoms with Crippen molar-refractivity contribution in [3.05, 3.63) is 29.3 Å². The molecule has 3 heteroatoms. The maximum atomic E-state index is 6.13. The van der Waals surface area contributed by atoms with Crippen LogP contribution in [0.15, 0.2) is 18.2 Å². The second-order valence-electron chi connectivity index (χ2n) is 6.38. The minimum absolute atomic E-state index is 0.248. The Balaban J connectivity index is 2.33. The van der Waals surface area contributed by atoms with Gasteiger partial charge in [0.2, 0.25) is 0 Å². The molecule has 0 N–H and O–H groups in total. The fourth-order valence-corrected chi connectivity index (χ4v) is 2.31. The molecular weight excluding hydrogens is 235 g/mol. The number of benzene rings is 1. The van der Waals surface area contributed by atoms with Crippen LogP contribution in [0.25, 0.3) is 0 Å². The van der Waals surface area contributed by atoms with E-state index in [4.69, 9.17) is 9.31 Å². The number of rotatable bonds is 3. The summed E-state index contributed by atoms with van der Waals surface area (Å²) in [4.78, 5) is 0. The van der Waals surface area contributed by atoms with Crippen molar-refractivity contribution in [2.75, 3.05) is 0 Å². The summed E-state index contributed by atoms with van der Waals surface area (Å²) in [7, 11) is -0.248. The Kier molecular flexibility index (Phi) is 3.81. The molecule has 0 unspecified atom stereocenters. The number of hydrogen-bond acceptors (Lipinski definition) is 2. The van der Waals surface area contributed by atoms with E-state index in [1.807, 2.05) is 0 Å². The van der Waals surface area contributed by atoms with Gasteiger partial charge in [0.15, 0.2) is 0 Å². The molecule has 1 aliphatic rings. The third-order valence-corrected chi connectivity index (χ3v) is 4.42.